The van der Waals surface area contributed by atoms with Gasteiger partial charge in [-0.3, -0.25) is 14.9 Å². The van der Waals surface area contributed by atoms with Gasteiger partial charge in [0, 0.05) is 25.6 Å². The number of hydrogen-bond donors (Lipinski definition) is 1. The molecule has 2 saturated heterocycles. The average Bonchev–Trinajstić information content (AvgIpc) is 3.27. The summed E-state index contributed by atoms with van der Waals surface area (Å²) in [7, 11) is 0. The second kappa shape index (κ2) is 6.93. The fourth-order valence-corrected chi connectivity index (χ4v) is 3.72. The predicted octanol–water partition coefficient (Wildman–Crippen LogP) is 1.64. The highest BCUT2D eigenvalue weighted by Crippen LogP contribution is 2.42. The number of hydrogen-bond acceptors (Lipinski definition) is 5. The van der Waals surface area contributed by atoms with Gasteiger partial charge in [-0.05, 0) is 37.0 Å². The van der Waals surface area contributed by atoms with Gasteiger partial charge >= 0.3 is 0 Å². The molecule has 0 bridgehead atoms. The van der Waals surface area contributed by atoms with Crippen LogP contribution in [0.5, 0.6) is 0 Å². The number of rotatable bonds is 6. The quantitative estimate of drug-likeness (QED) is 0.807. The SMILES string of the molecule is O=C(c1ccn[nH]1)N1CC2(C1)OCCC2CCOCc1ccccn1. The zero-order valence-corrected chi connectivity index (χ0v) is 14.1. The van der Waals surface area contributed by atoms with Gasteiger partial charge in [0.05, 0.1) is 25.4 Å². The van der Waals surface area contributed by atoms with E-state index < -0.39 is 0 Å². The van der Waals surface area contributed by atoms with Crippen LogP contribution in [0.15, 0.2) is 36.7 Å². The number of nitrogens with zero attached hydrogens (tertiary/aromatic N) is 3. The molecule has 25 heavy (non-hydrogen) atoms. The van der Waals surface area contributed by atoms with Crippen molar-refractivity contribution in [3.05, 3.63) is 48.0 Å². The third-order valence-corrected chi connectivity index (χ3v) is 5.12. The maximum Gasteiger partial charge on any atom is 0.272 e. The van der Waals surface area contributed by atoms with Gasteiger partial charge in [0.2, 0.25) is 0 Å². The first kappa shape index (κ1) is 16.2. The Hall–Kier alpha value is -2.25. The highest BCUT2D eigenvalue weighted by atomic mass is 16.5. The van der Waals surface area contributed by atoms with E-state index in [0.717, 1.165) is 25.1 Å². The molecule has 0 saturated carbocycles. The summed E-state index contributed by atoms with van der Waals surface area (Å²) in [6, 6.07) is 7.53. The van der Waals surface area contributed by atoms with E-state index in [9.17, 15) is 4.79 Å². The van der Waals surface area contributed by atoms with Crippen molar-refractivity contribution in [2.75, 3.05) is 26.3 Å². The lowest BCUT2D eigenvalue weighted by molar-refractivity contribution is -0.120. The van der Waals surface area contributed by atoms with E-state index in [4.69, 9.17) is 9.47 Å². The molecule has 132 valence electrons. The van der Waals surface area contributed by atoms with Crippen LogP contribution in [0.4, 0.5) is 0 Å². The molecule has 2 fully saturated rings. The van der Waals surface area contributed by atoms with Crippen LogP contribution < -0.4 is 0 Å². The van der Waals surface area contributed by atoms with Gasteiger partial charge < -0.3 is 14.4 Å². The Morgan fingerprint density at radius 2 is 2.28 bits per heavy atom. The number of carbonyl (C=O) groups excluding carboxylic acids is 1. The number of likely N-dealkylation sites (tertiary alicyclic amines) is 1. The summed E-state index contributed by atoms with van der Waals surface area (Å²) >= 11 is 0. The Kier molecular flexibility index (Phi) is 4.50. The third kappa shape index (κ3) is 3.29. The minimum absolute atomic E-state index is 0.0104. The summed E-state index contributed by atoms with van der Waals surface area (Å²) in [6.07, 6.45) is 5.34. The second-order valence-electron chi connectivity index (χ2n) is 6.69. The molecular weight excluding hydrogens is 320 g/mol. The Bertz CT molecular complexity index is 698. The molecule has 1 spiro atoms. The molecule has 2 aromatic rings. The number of amides is 1. The van der Waals surface area contributed by atoms with Gasteiger partial charge in [0.25, 0.3) is 5.91 Å². The summed E-state index contributed by atoms with van der Waals surface area (Å²) < 4.78 is 11.8. The average molecular weight is 342 g/mol. The molecule has 0 radical (unpaired) electrons. The largest absolute Gasteiger partial charge is 0.375 e. The number of aromatic amines is 1. The molecule has 1 unspecified atom stereocenters. The Morgan fingerprint density at radius 3 is 3.04 bits per heavy atom. The molecule has 4 rings (SSSR count). The van der Waals surface area contributed by atoms with Crippen molar-refractivity contribution in [2.24, 2.45) is 5.92 Å². The second-order valence-corrected chi connectivity index (χ2v) is 6.69. The van der Waals surface area contributed by atoms with Crippen molar-refractivity contribution in [1.82, 2.24) is 20.1 Å². The van der Waals surface area contributed by atoms with E-state index in [2.05, 4.69) is 15.2 Å². The van der Waals surface area contributed by atoms with Crippen LogP contribution in [0, 0.1) is 5.92 Å². The fourth-order valence-electron chi connectivity index (χ4n) is 3.72. The van der Waals surface area contributed by atoms with Gasteiger partial charge in [-0.15, -0.1) is 0 Å². The lowest BCUT2D eigenvalue weighted by Crippen LogP contribution is -2.66. The summed E-state index contributed by atoms with van der Waals surface area (Å²) in [5.74, 6) is 0.422. The minimum atomic E-state index is -0.190. The normalized spacial score (nSPS) is 21.4. The van der Waals surface area contributed by atoms with E-state index in [0.29, 0.717) is 37.9 Å². The van der Waals surface area contributed by atoms with Crippen molar-refractivity contribution < 1.29 is 14.3 Å². The molecule has 2 aliphatic heterocycles. The zero-order chi connectivity index (χ0) is 17.1. The smallest absolute Gasteiger partial charge is 0.272 e. The Balaban J connectivity index is 1.25. The van der Waals surface area contributed by atoms with Gasteiger partial charge in [-0.25, -0.2) is 0 Å². The van der Waals surface area contributed by atoms with Crippen molar-refractivity contribution in [3.8, 4) is 0 Å². The number of H-pyrrole nitrogens is 1. The van der Waals surface area contributed by atoms with Crippen LogP contribution in [0.2, 0.25) is 0 Å². The number of ether oxygens (including phenoxy) is 2. The van der Waals surface area contributed by atoms with Crippen LogP contribution in [-0.2, 0) is 16.1 Å². The van der Waals surface area contributed by atoms with Crippen LogP contribution in [0.1, 0.15) is 29.0 Å². The van der Waals surface area contributed by atoms with E-state index >= 15 is 0 Å². The molecule has 7 heteroatoms. The number of pyridine rings is 1. The summed E-state index contributed by atoms with van der Waals surface area (Å²) in [4.78, 5) is 18.4. The Morgan fingerprint density at radius 1 is 1.36 bits per heavy atom. The molecule has 1 amide bonds. The van der Waals surface area contributed by atoms with Crippen LogP contribution in [0.3, 0.4) is 0 Å². The molecule has 2 aromatic heterocycles. The third-order valence-electron chi connectivity index (χ3n) is 5.12. The lowest BCUT2D eigenvalue weighted by atomic mass is 9.79. The summed E-state index contributed by atoms with van der Waals surface area (Å²) in [6.45, 7) is 3.27. The highest BCUT2D eigenvalue weighted by Gasteiger charge is 2.54. The standard InChI is InChI=1S/C18H22N4O3/c23-17(16-4-8-20-21-16)22-12-18(13-22)14(6-10-25-18)5-9-24-11-15-3-1-2-7-19-15/h1-4,7-8,14H,5-6,9-13H2,(H,20,21). The van der Waals surface area contributed by atoms with Crippen LogP contribution in [0.25, 0.3) is 0 Å². The van der Waals surface area contributed by atoms with Gasteiger partial charge in [-0.1, -0.05) is 6.07 Å². The first-order valence-electron chi connectivity index (χ1n) is 8.67. The molecule has 0 aliphatic carbocycles. The predicted molar refractivity (Wildman–Crippen MR) is 89.8 cm³/mol. The number of aromatic nitrogens is 3. The molecule has 7 nitrogen and oxygen atoms in total. The topological polar surface area (TPSA) is 80.3 Å². The van der Waals surface area contributed by atoms with E-state index in [1.165, 1.54) is 0 Å². The minimum Gasteiger partial charge on any atom is -0.375 e. The van der Waals surface area contributed by atoms with E-state index in [1.54, 1.807) is 18.5 Å². The highest BCUT2D eigenvalue weighted by molar-refractivity contribution is 5.93. The van der Waals surface area contributed by atoms with Gasteiger partial charge in [0.15, 0.2) is 0 Å². The fraction of sp³-hybridized carbons (Fsp3) is 0.500. The number of nitrogens with one attached hydrogen (secondary N) is 1. The van der Waals surface area contributed by atoms with Crippen molar-refractivity contribution in [2.45, 2.75) is 25.0 Å². The van der Waals surface area contributed by atoms with Crippen LogP contribution in [-0.4, -0.2) is 57.9 Å². The van der Waals surface area contributed by atoms with Crippen LogP contribution >= 0.6 is 0 Å². The molecule has 1 N–H and O–H groups in total. The van der Waals surface area contributed by atoms with Gasteiger partial charge in [-0.2, -0.15) is 5.10 Å². The van der Waals surface area contributed by atoms with Crippen molar-refractivity contribution >= 4 is 5.91 Å². The van der Waals surface area contributed by atoms with E-state index in [1.807, 2.05) is 23.1 Å². The summed E-state index contributed by atoms with van der Waals surface area (Å²) in [5, 5.41) is 6.56. The zero-order valence-electron chi connectivity index (χ0n) is 14.1. The first-order chi connectivity index (χ1) is 12.3. The maximum absolute atomic E-state index is 12.3. The van der Waals surface area contributed by atoms with Crippen molar-refractivity contribution in [1.29, 1.82) is 0 Å². The molecule has 2 aliphatic rings. The van der Waals surface area contributed by atoms with E-state index in [-0.39, 0.29) is 11.5 Å². The molecule has 4 heterocycles. The monoisotopic (exact) mass is 342 g/mol. The molecular formula is C18H22N4O3. The molecule has 1 atom stereocenters. The number of carbonyl (C=O) groups is 1. The molecule has 0 aromatic carbocycles. The van der Waals surface area contributed by atoms with Crippen molar-refractivity contribution in [3.63, 3.8) is 0 Å². The van der Waals surface area contributed by atoms with Gasteiger partial charge in [0.1, 0.15) is 11.3 Å². The maximum atomic E-state index is 12.3. The lowest BCUT2D eigenvalue weighted by Gasteiger charge is -2.50. The first-order valence-corrected chi connectivity index (χ1v) is 8.67. The Labute approximate surface area is 146 Å². The summed E-state index contributed by atoms with van der Waals surface area (Å²) in [5.41, 5.74) is 1.28.